The van der Waals surface area contributed by atoms with Crippen molar-refractivity contribution >= 4 is 5.69 Å². The maximum atomic E-state index is 10.8. The van der Waals surface area contributed by atoms with Crippen LogP contribution in [0.2, 0.25) is 0 Å². The number of nitro groups is 1. The molecule has 1 aliphatic rings. The predicted molar refractivity (Wildman–Crippen MR) is 70.3 cm³/mol. The minimum absolute atomic E-state index is 0.160. The summed E-state index contributed by atoms with van der Waals surface area (Å²) in [6.07, 6.45) is 2.00. The van der Waals surface area contributed by atoms with Crippen molar-refractivity contribution in [2.45, 2.75) is 31.8 Å². The molecule has 98 valence electrons. The van der Waals surface area contributed by atoms with Crippen molar-refractivity contribution in [2.75, 3.05) is 13.1 Å². The number of nitrogens with zero attached hydrogens (tertiary/aromatic N) is 2. The number of piperidine rings is 1. The van der Waals surface area contributed by atoms with E-state index in [0.29, 0.717) is 6.04 Å². The molecule has 1 saturated heterocycles. The molecule has 1 heterocycles. The largest absolute Gasteiger partial charge is 0.328 e. The van der Waals surface area contributed by atoms with E-state index in [0.717, 1.165) is 31.5 Å². The number of hydrogen-bond donors (Lipinski definition) is 1. The normalized spacial score (nSPS) is 19.7. The Kier molecular flexibility index (Phi) is 3.93. The summed E-state index contributed by atoms with van der Waals surface area (Å²) in [4.78, 5) is 12.8. The van der Waals surface area contributed by atoms with Gasteiger partial charge in [-0.3, -0.25) is 15.0 Å². The molecule has 1 fully saturated rings. The summed E-state index contributed by atoms with van der Waals surface area (Å²) in [6, 6.07) is 7.41. The zero-order valence-corrected chi connectivity index (χ0v) is 10.6. The first kappa shape index (κ1) is 13.0. The molecule has 1 aromatic carbocycles. The van der Waals surface area contributed by atoms with E-state index in [9.17, 15) is 10.1 Å². The Balaban J connectivity index is 2.10. The fraction of sp³-hybridized carbons (Fsp3) is 0.538. The molecule has 0 amide bonds. The average Bonchev–Trinajstić information content (AvgIpc) is 2.39. The topological polar surface area (TPSA) is 72.4 Å². The van der Waals surface area contributed by atoms with Gasteiger partial charge in [-0.05, 0) is 25.3 Å². The highest BCUT2D eigenvalue weighted by atomic mass is 16.6. The summed E-state index contributed by atoms with van der Waals surface area (Å²) in [5.74, 6) is 0. The second-order valence-corrected chi connectivity index (χ2v) is 4.90. The molecule has 0 radical (unpaired) electrons. The molecular weight excluding hydrogens is 230 g/mol. The molecule has 1 atom stereocenters. The van der Waals surface area contributed by atoms with Crippen LogP contribution in [0.15, 0.2) is 24.3 Å². The van der Waals surface area contributed by atoms with Crippen LogP contribution in [0.5, 0.6) is 0 Å². The van der Waals surface area contributed by atoms with Gasteiger partial charge in [0.2, 0.25) is 0 Å². The highest BCUT2D eigenvalue weighted by Crippen LogP contribution is 2.26. The SMILES string of the molecule is CC(c1cccc([N+](=O)[O-])c1)N1CCC(N)CC1. The molecule has 1 aromatic rings. The van der Waals surface area contributed by atoms with Gasteiger partial charge in [0.15, 0.2) is 0 Å². The van der Waals surface area contributed by atoms with Gasteiger partial charge in [-0.15, -0.1) is 0 Å². The number of nitro benzene ring substituents is 1. The van der Waals surface area contributed by atoms with Gasteiger partial charge in [0.1, 0.15) is 0 Å². The first-order valence-electron chi connectivity index (χ1n) is 6.32. The van der Waals surface area contributed by atoms with E-state index in [4.69, 9.17) is 5.73 Å². The number of benzene rings is 1. The number of non-ortho nitro benzene ring substituents is 1. The fourth-order valence-corrected chi connectivity index (χ4v) is 2.42. The third kappa shape index (κ3) is 2.86. The van der Waals surface area contributed by atoms with Crippen LogP contribution in [-0.2, 0) is 0 Å². The number of hydrogen-bond acceptors (Lipinski definition) is 4. The second kappa shape index (κ2) is 5.46. The monoisotopic (exact) mass is 249 g/mol. The molecular formula is C13H19N3O2. The first-order chi connectivity index (χ1) is 8.58. The number of nitrogens with two attached hydrogens (primary N) is 1. The zero-order chi connectivity index (χ0) is 13.1. The molecule has 0 bridgehead atoms. The summed E-state index contributed by atoms with van der Waals surface area (Å²) in [5.41, 5.74) is 7.04. The van der Waals surface area contributed by atoms with Crippen LogP contribution in [0.3, 0.4) is 0 Å². The molecule has 18 heavy (non-hydrogen) atoms. The van der Waals surface area contributed by atoms with E-state index < -0.39 is 0 Å². The third-order valence-electron chi connectivity index (χ3n) is 3.69. The molecule has 5 nitrogen and oxygen atoms in total. The Morgan fingerprint density at radius 1 is 1.44 bits per heavy atom. The van der Waals surface area contributed by atoms with Crippen molar-refractivity contribution in [2.24, 2.45) is 5.73 Å². The van der Waals surface area contributed by atoms with Crippen LogP contribution in [0.25, 0.3) is 0 Å². The van der Waals surface area contributed by atoms with Crippen LogP contribution >= 0.6 is 0 Å². The highest BCUT2D eigenvalue weighted by molar-refractivity contribution is 5.35. The van der Waals surface area contributed by atoms with Crippen molar-refractivity contribution < 1.29 is 4.92 Å². The van der Waals surface area contributed by atoms with Crippen molar-refractivity contribution in [1.29, 1.82) is 0 Å². The molecule has 0 saturated carbocycles. The van der Waals surface area contributed by atoms with Crippen LogP contribution in [0.4, 0.5) is 5.69 Å². The molecule has 0 spiro atoms. The molecule has 0 aliphatic carbocycles. The lowest BCUT2D eigenvalue weighted by atomic mass is 10.0. The smallest absolute Gasteiger partial charge is 0.269 e. The summed E-state index contributed by atoms with van der Waals surface area (Å²) < 4.78 is 0. The standard InChI is InChI=1S/C13H19N3O2/c1-10(15-7-5-12(14)6-8-15)11-3-2-4-13(9-11)16(17)18/h2-4,9-10,12H,5-8,14H2,1H3. The summed E-state index contributed by atoms with van der Waals surface area (Å²) >= 11 is 0. The van der Waals surface area contributed by atoms with E-state index in [-0.39, 0.29) is 16.7 Å². The lowest BCUT2D eigenvalue weighted by Crippen LogP contribution is -2.40. The summed E-state index contributed by atoms with van der Waals surface area (Å²) in [5, 5.41) is 10.8. The van der Waals surface area contributed by atoms with Crippen molar-refractivity contribution in [1.82, 2.24) is 4.90 Å². The van der Waals surface area contributed by atoms with Gasteiger partial charge >= 0.3 is 0 Å². The highest BCUT2D eigenvalue weighted by Gasteiger charge is 2.22. The minimum atomic E-state index is -0.345. The van der Waals surface area contributed by atoms with Gasteiger partial charge in [0, 0.05) is 37.3 Å². The molecule has 1 unspecified atom stereocenters. The Bertz CT molecular complexity index is 428. The molecule has 2 N–H and O–H groups in total. The van der Waals surface area contributed by atoms with Gasteiger partial charge in [0.25, 0.3) is 5.69 Å². The third-order valence-corrected chi connectivity index (χ3v) is 3.69. The maximum absolute atomic E-state index is 10.8. The van der Waals surface area contributed by atoms with E-state index in [2.05, 4.69) is 11.8 Å². The number of rotatable bonds is 3. The van der Waals surface area contributed by atoms with Gasteiger partial charge in [0.05, 0.1) is 4.92 Å². The van der Waals surface area contributed by atoms with E-state index in [1.165, 1.54) is 6.07 Å². The van der Waals surface area contributed by atoms with E-state index >= 15 is 0 Å². The van der Waals surface area contributed by atoms with Gasteiger partial charge in [-0.2, -0.15) is 0 Å². The van der Waals surface area contributed by atoms with Crippen LogP contribution < -0.4 is 5.73 Å². The van der Waals surface area contributed by atoms with Gasteiger partial charge in [-0.1, -0.05) is 12.1 Å². The predicted octanol–water partition coefficient (Wildman–Crippen LogP) is 2.08. The van der Waals surface area contributed by atoms with Crippen LogP contribution in [0, 0.1) is 10.1 Å². The van der Waals surface area contributed by atoms with E-state index in [1.807, 2.05) is 6.07 Å². The Labute approximate surface area is 107 Å². The van der Waals surface area contributed by atoms with Crippen molar-refractivity contribution in [3.63, 3.8) is 0 Å². The van der Waals surface area contributed by atoms with Gasteiger partial charge in [-0.25, -0.2) is 0 Å². The zero-order valence-electron chi connectivity index (χ0n) is 10.6. The second-order valence-electron chi connectivity index (χ2n) is 4.90. The maximum Gasteiger partial charge on any atom is 0.269 e. The van der Waals surface area contributed by atoms with Crippen LogP contribution in [0.1, 0.15) is 31.4 Å². The average molecular weight is 249 g/mol. The summed E-state index contributed by atoms with van der Waals surface area (Å²) in [6.45, 7) is 4.02. The van der Waals surface area contributed by atoms with Crippen molar-refractivity contribution in [3.05, 3.63) is 39.9 Å². The van der Waals surface area contributed by atoms with E-state index in [1.54, 1.807) is 12.1 Å². The Morgan fingerprint density at radius 3 is 2.72 bits per heavy atom. The Morgan fingerprint density at radius 2 is 2.11 bits per heavy atom. The fourth-order valence-electron chi connectivity index (χ4n) is 2.42. The van der Waals surface area contributed by atoms with Crippen molar-refractivity contribution in [3.8, 4) is 0 Å². The minimum Gasteiger partial charge on any atom is -0.328 e. The summed E-state index contributed by atoms with van der Waals surface area (Å²) in [7, 11) is 0. The first-order valence-corrected chi connectivity index (χ1v) is 6.32. The van der Waals surface area contributed by atoms with Gasteiger partial charge < -0.3 is 5.73 Å². The number of likely N-dealkylation sites (tertiary alicyclic amines) is 1. The molecule has 1 aliphatic heterocycles. The molecule has 2 rings (SSSR count). The Hall–Kier alpha value is -1.46. The molecule has 0 aromatic heterocycles. The lowest BCUT2D eigenvalue weighted by molar-refractivity contribution is -0.385. The van der Waals surface area contributed by atoms with Crippen LogP contribution in [-0.4, -0.2) is 29.0 Å². The quantitative estimate of drug-likeness (QED) is 0.657. The molecule has 5 heteroatoms. The lowest BCUT2D eigenvalue weighted by Gasteiger charge is -2.34.